The molecule has 6 nitrogen and oxygen atoms in total. The van der Waals surface area contributed by atoms with Gasteiger partial charge in [-0.15, -0.1) is 0 Å². The highest BCUT2D eigenvalue weighted by atomic mass is 16.6. The van der Waals surface area contributed by atoms with Crippen LogP contribution >= 0.6 is 0 Å². The Balaban J connectivity index is 1.66. The number of hydrogen-bond donors (Lipinski definition) is 1. The van der Waals surface area contributed by atoms with Gasteiger partial charge >= 0.3 is 0 Å². The number of nitrogens with one attached hydrogen (secondary N) is 1. The molecule has 0 aromatic heterocycles. The zero-order chi connectivity index (χ0) is 18.5. The first-order valence-electron chi connectivity index (χ1n) is 9.33. The highest BCUT2D eigenvalue weighted by Gasteiger charge is 2.53. The maximum absolute atomic E-state index is 11.5. The second kappa shape index (κ2) is 5.99. The molecule has 4 saturated carbocycles. The Morgan fingerprint density at radius 3 is 2.08 bits per heavy atom. The van der Waals surface area contributed by atoms with E-state index in [1.807, 2.05) is 12.1 Å². The second-order valence-corrected chi connectivity index (χ2v) is 8.54. The number of nitrogens with zero attached hydrogens (tertiary/aromatic N) is 3. The summed E-state index contributed by atoms with van der Waals surface area (Å²) < 4.78 is 0. The standard InChI is InChI=1S/C20H22N4O2/c1-12(20-7-13-2-14(8-20)4-15(3-13)9-20)23-18-5-16(10-21)17(11-22)6-19(18)24(25)26/h5-6,12-15,23H,2-4,7-9H2,1H3/t12-,13?,14?,15?,20?/m0/s1. The monoisotopic (exact) mass is 350 g/mol. The minimum Gasteiger partial charge on any atom is -0.376 e. The van der Waals surface area contributed by atoms with Crippen molar-refractivity contribution in [2.75, 3.05) is 5.32 Å². The van der Waals surface area contributed by atoms with Crippen molar-refractivity contribution in [2.24, 2.45) is 23.2 Å². The van der Waals surface area contributed by atoms with E-state index in [0.29, 0.717) is 5.69 Å². The summed E-state index contributed by atoms with van der Waals surface area (Å²) in [4.78, 5) is 11.0. The first-order chi connectivity index (χ1) is 12.4. The maximum atomic E-state index is 11.5. The van der Waals surface area contributed by atoms with Crippen LogP contribution in [0, 0.1) is 55.9 Å². The van der Waals surface area contributed by atoms with Crippen molar-refractivity contribution >= 4 is 11.4 Å². The minimum absolute atomic E-state index is 0.0483. The number of nitro benzene ring substituents is 1. The molecule has 0 amide bonds. The molecule has 0 aliphatic heterocycles. The molecule has 0 radical (unpaired) electrons. The molecular formula is C20H22N4O2. The fraction of sp³-hybridized carbons (Fsp3) is 0.600. The molecule has 134 valence electrons. The Bertz CT molecular complexity index is 813. The van der Waals surface area contributed by atoms with Crippen molar-refractivity contribution in [3.63, 3.8) is 0 Å². The zero-order valence-corrected chi connectivity index (χ0v) is 14.9. The Morgan fingerprint density at radius 1 is 1.12 bits per heavy atom. The van der Waals surface area contributed by atoms with E-state index in [0.717, 1.165) is 17.8 Å². The van der Waals surface area contributed by atoms with Gasteiger partial charge in [-0.2, -0.15) is 10.5 Å². The minimum atomic E-state index is -0.475. The summed E-state index contributed by atoms with van der Waals surface area (Å²) in [5, 5.41) is 33.3. The molecule has 0 saturated heterocycles. The summed E-state index contributed by atoms with van der Waals surface area (Å²) in [7, 11) is 0. The SMILES string of the molecule is C[C@H](Nc1cc(C#N)c(C#N)cc1[N+](=O)[O-])C12CC3CC(CC(C3)C1)C2. The van der Waals surface area contributed by atoms with Gasteiger partial charge in [-0.3, -0.25) is 10.1 Å². The van der Waals surface area contributed by atoms with Crippen LogP contribution in [0.3, 0.4) is 0 Å². The van der Waals surface area contributed by atoms with Gasteiger partial charge in [0, 0.05) is 12.1 Å². The molecule has 1 N–H and O–H groups in total. The van der Waals surface area contributed by atoms with Crippen LogP contribution in [0.4, 0.5) is 11.4 Å². The lowest BCUT2D eigenvalue weighted by atomic mass is 9.48. The number of benzene rings is 1. The molecule has 4 aliphatic rings. The van der Waals surface area contributed by atoms with Crippen LogP contribution < -0.4 is 5.32 Å². The average Bonchev–Trinajstić information content (AvgIpc) is 2.59. The number of nitriles is 2. The molecule has 0 spiro atoms. The van der Waals surface area contributed by atoms with E-state index < -0.39 is 4.92 Å². The molecular weight excluding hydrogens is 328 g/mol. The fourth-order valence-electron chi connectivity index (χ4n) is 6.13. The van der Waals surface area contributed by atoms with Crippen molar-refractivity contribution in [2.45, 2.75) is 51.5 Å². The molecule has 4 fully saturated rings. The Kier molecular flexibility index (Phi) is 3.88. The van der Waals surface area contributed by atoms with E-state index in [1.54, 1.807) is 0 Å². The molecule has 0 heterocycles. The highest BCUT2D eigenvalue weighted by molar-refractivity contribution is 5.69. The number of nitro groups is 1. The van der Waals surface area contributed by atoms with Crippen LogP contribution in [0.1, 0.15) is 56.6 Å². The van der Waals surface area contributed by atoms with Crippen molar-refractivity contribution in [1.82, 2.24) is 0 Å². The van der Waals surface area contributed by atoms with Crippen molar-refractivity contribution in [1.29, 1.82) is 10.5 Å². The van der Waals surface area contributed by atoms with Gasteiger partial charge in [-0.1, -0.05) is 0 Å². The molecule has 6 heteroatoms. The van der Waals surface area contributed by atoms with E-state index in [2.05, 4.69) is 12.2 Å². The molecule has 1 atom stereocenters. The quantitative estimate of drug-likeness (QED) is 0.642. The number of hydrogen-bond acceptors (Lipinski definition) is 5. The van der Waals surface area contributed by atoms with E-state index in [9.17, 15) is 15.4 Å². The van der Waals surface area contributed by atoms with Gasteiger partial charge in [0.15, 0.2) is 0 Å². The summed E-state index contributed by atoms with van der Waals surface area (Å²) in [6.07, 6.45) is 7.64. The summed E-state index contributed by atoms with van der Waals surface area (Å²) >= 11 is 0. The van der Waals surface area contributed by atoms with Crippen LogP contribution in [0.25, 0.3) is 0 Å². The highest BCUT2D eigenvalue weighted by Crippen LogP contribution is 2.61. The molecule has 4 aliphatic carbocycles. The van der Waals surface area contributed by atoms with E-state index >= 15 is 0 Å². The third-order valence-electron chi connectivity index (χ3n) is 6.95. The van der Waals surface area contributed by atoms with Gasteiger partial charge in [-0.25, -0.2) is 0 Å². The molecule has 4 bridgehead atoms. The summed E-state index contributed by atoms with van der Waals surface area (Å²) in [5.74, 6) is 2.41. The van der Waals surface area contributed by atoms with Gasteiger partial charge < -0.3 is 5.32 Å². The first kappa shape index (κ1) is 16.8. The lowest BCUT2D eigenvalue weighted by Crippen LogP contribution is -2.52. The van der Waals surface area contributed by atoms with Gasteiger partial charge in [0.25, 0.3) is 5.69 Å². The Hall–Kier alpha value is -2.60. The molecule has 1 aromatic rings. The van der Waals surface area contributed by atoms with Crippen LogP contribution in [0.2, 0.25) is 0 Å². The molecule has 0 unspecified atom stereocenters. The topological polar surface area (TPSA) is 103 Å². The van der Waals surface area contributed by atoms with E-state index in [-0.39, 0.29) is 28.3 Å². The number of rotatable bonds is 4. The summed E-state index contributed by atoms with van der Waals surface area (Å²) in [6, 6.07) is 6.64. The third kappa shape index (κ3) is 2.61. The van der Waals surface area contributed by atoms with Crippen LogP contribution in [-0.4, -0.2) is 11.0 Å². The normalized spacial score (nSPS) is 32.5. The molecule has 1 aromatic carbocycles. The largest absolute Gasteiger partial charge is 0.376 e. The number of anilines is 1. The summed E-state index contributed by atoms with van der Waals surface area (Å²) in [5.41, 5.74) is 0.653. The van der Waals surface area contributed by atoms with Gasteiger partial charge in [0.2, 0.25) is 0 Å². The Labute approximate surface area is 153 Å². The maximum Gasteiger partial charge on any atom is 0.293 e. The van der Waals surface area contributed by atoms with Crippen LogP contribution in [0.5, 0.6) is 0 Å². The van der Waals surface area contributed by atoms with Crippen molar-refractivity contribution in [3.05, 3.63) is 33.4 Å². The molecule has 26 heavy (non-hydrogen) atoms. The third-order valence-corrected chi connectivity index (χ3v) is 6.95. The van der Waals surface area contributed by atoms with E-state index in [1.165, 1.54) is 50.7 Å². The predicted octanol–water partition coefficient (Wildman–Crippen LogP) is 4.35. The van der Waals surface area contributed by atoms with Gasteiger partial charge in [0.05, 0.1) is 16.1 Å². The zero-order valence-electron chi connectivity index (χ0n) is 14.9. The van der Waals surface area contributed by atoms with Gasteiger partial charge in [-0.05, 0) is 74.7 Å². The summed E-state index contributed by atoms with van der Waals surface area (Å²) in [6.45, 7) is 2.13. The van der Waals surface area contributed by atoms with Gasteiger partial charge in [0.1, 0.15) is 17.8 Å². The smallest absolute Gasteiger partial charge is 0.293 e. The van der Waals surface area contributed by atoms with Crippen LogP contribution in [-0.2, 0) is 0 Å². The average molecular weight is 350 g/mol. The van der Waals surface area contributed by atoms with Crippen molar-refractivity contribution in [3.8, 4) is 12.1 Å². The second-order valence-electron chi connectivity index (χ2n) is 8.54. The fourth-order valence-corrected chi connectivity index (χ4v) is 6.13. The van der Waals surface area contributed by atoms with Crippen molar-refractivity contribution < 1.29 is 4.92 Å². The Morgan fingerprint density at radius 2 is 1.62 bits per heavy atom. The first-order valence-corrected chi connectivity index (χ1v) is 9.33. The molecule has 5 rings (SSSR count). The van der Waals surface area contributed by atoms with E-state index in [4.69, 9.17) is 5.26 Å². The van der Waals surface area contributed by atoms with Crippen LogP contribution in [0.15, 0.2) is 12.1 Å². The lowest BCUT2D eigenvalue weighted by molar-refractivity contribution is -0.384. The predicted molar refractivity (Wildman–Crippen MR) is 96.2 cm³/mol. The lowest BCUT2D eigenvalue weighted by Gasteiger charge is -2.59.